The van der Waals surface area contributed by atoms with E-state index in [2.05, 4.69) is 15.7 Å². The lowest BCUT2D eigenvalue weighted by atomic mass is 10.1. The van der Waals surface area contributed by atoms with Gasteiger partial charge in [-0.3, -0.25) is 9.48 Å². The van der Waals surface area contributed by atoms with Gasteiger partial charge in [-0.05, 0) is 24.7 Å². The van der Waals surface area contributed by atoms with Gasteiger partial charge in [0.15, 0.2) is 0 Å². The van der Waals surface area contributed by atoms with Crippen molar-refractivity contribution in [1.82, 2.24) is 24.7 Å². The highest BCUT2D eigenvalue weighted by Crippen LogP contribution is 2.16. The van der Waals surface area contributed by atoms with Gasteiger partial charge < -0.3 is 10.6 Å². The van der Waals surface area contributed by atoms with E-state index in [0.29, 0.717) is 19.6 Å². The number of rotatable bonds is 9. The Morgan fingerprint density at radius 1 is 1.21 bits per heavy atom. The third-order valence-electron chi connectivity index (χ3n) is 4.34. The van der Waals surface area contributed by atoms with Crippen LogP contribution in [-0.2, 0) is 28.4 Å². The van der Waals surface area contributed by atoms with Crippen LogP contribution in [0.3, 0.4) is 0 Å². The highest BCUT2D eigenvalue weighted by Gasteiger charge is 2.22. The van der Waals surface area contributed by atoms with Gasteiger partial charge >= 0.3 is 0 Å². The molecule has 2 N–H and O–H groups in total. The molecule has 0 aliphatic heterocycles. The molecule has 0 bridgehead atoms. The standard InChI is InChI=1S/C18H27N5O3S.ClH/c1-5-23(6-2)27(25,26)16-9-7-14(8-10-16)11-20-18(24)17(19-3)15-12-21-22(4)13-15;/h7-10,12-13,17,19H,5-6,11H2,1-4H3,(H,20,24);1H. The number of nitrogens with zero attached hydrogens (tertiary/aromatic N) is 3. The number of aryl methyl sites for hydroxylation is 1. The topological polar surface area (TPSA) is 96.3 Å². The van der Waals surface area contributed by atoms with Crippen molar-refractivity contribution >= 4 is 28.3 Å². The number of carbonyl (C=O) groups excluding carboxylic acids is 1. The Kier molecular flexibility index (Phi) is 9.09. The minimum Gasteiger partial charge on any atom is -0.350 e. The smallest absolute Gasteiger partial charge is 0.243 e. The molecule has 2 aromatic rings. The van der Waals surface area contributed by atoms with Crippen LogP contribution >= 0.6 is 12.4 Å². The van der Waals surface area contributed by atoms with Gasteiger partial charge in [-0.2, -0.15) is 9.40 Å². The van der Waals surface area contributed by atoms with Gasteiger partial charge in [-0.15, -0.1) is 12.4 Å². The lowest BCUT2D eigenvalue weighted by molar-refractivity contribution is -0.123. The van der Waals surface area contributed by atoms with E-state index in [0.717, 1.165) is 11.1 Å². The van der Waals surface area contributed by atoms with E-state index in [-0.39, 0.29) is 23.2 Å². The zero-order chi connectivity index (χ0) is 20.0. The Morgan fingerprint density at radius 3 is 2.29 bits per heavy atom. The minimum absolute atomic E-state index is 0. The fourth-order valence-corrected chi connectivity index (χ4v) is 4.28. The summed E-state index contributed by atoms with van der Waals surface area (Å²) in [6.45, 7) is 4.78. The van der Waals surface area contributed by atoms with Gasteiger partial charge in [0, 0.05) is 38.4 Å². The van der Waals surface area contributed by atoms with E-state index >= 15 is 0 Å². The van der Waals surface area contributed by atoms with Gasteiger partial charge in [0.2, 0.25) is 15.9 Å². The van der Waals surface area contributed by atoms with Crippen molar-refractivity contribution in [3.8, 4) is 0 Å². The highest BCUT2D eigenvalue weighted by molar-refractivity contribution is 7.89. The van der Waals surface area contributed by atoms with E-state index in [1.165, 1.54) is 4.31 Å². The second-order valence-electron chi connectivity index (χ2n) is 6.12. The summed E-state index contributed by atoms with van der Waals surface area (Å²) >= 11 is 0. The molecule has 1 unspecified atom stereocenters. The summed E-state index contributed by atoms with van der Waals surface area (Å²) in [6, 6.07) is 6.09. The average Bonchev–Trinajstić information content (AvgIpc) is 3.07. The molecular weight excluding hydrogens is 402 g/mol. The van der Waals surface area contributed by atoms with Crippen LogP contribution in [0.2, 0.25) is 0 Å². The number of carbonyl (C=O) groups is 1. The molecule has 0 radical (unpaired) electrons. The molecule has 0 aliphatic rings. The van der Waals surface area contributed by atoms with Crippen LogP contribution in [0.4, 0.5) is 0 Å². The minimum atomic E-state index is -3.47. The molecular formula is C18H28ClN5O3S. The van der Waals surface area contributed by atoms with Crippen molar-refractivity contribution in [3.05, 3.63) is 47.8 Å². The van der Waals surface area contributed by atoms with Gasteiger partial charge in [-0.1, -0.05) is 26.0 Å². The van der Waals surface area contributed by atoms with Crippen molar-refractivity contribution in [2.45, 2.75) is 31.3 Å². The van der Waals surface area contributed by atoms with Crippen molar-refractivity contribution < 1.29 is 13.2 Å². The van der Waals surface area contributed by atoms with Crippen LogP contribution in [0.25, 0.3) is 0 Å². The number of aromatic nitrogens is 2. The maximum atomic E-state index is 12.5. The molecule has 0 spiro atoms. The Morgan fingerprint density at radius 2 is 1.82 bits per heavy atom. The first kappa shape index (κ1) is 24.1. The maximum Gasteiger partial charge on any atom is 0.243 e. The first-order valence-corrected chi connectivity index (χ1v) is 10.3. The number of hydrogen-bond acceptors (Lipinski definition) is 5. The normalized spacial score (nSPS) is 12.5. The van der Waals surface area contributed by atoms with Crippen LogP contribution in [0, 0.1) is 0 Å². The van der Waals surface area contributed by atoms with Gasteiger partial charge in [0.05, 0.1) is 11.1 Å². The number of halogens is 1. The molecule has 2 rings (SSSR count). The SMILES string of the molecule is CCN(CC)S(=O)(=O)c1ccc(CNC(=O)C(NC)c2cnn(C)c2)cc1.Cl. The molecule has 8 nitrogen and oxygen atoms in total. The van der Waals surface area contributed by atoms with Crippen LogP contribution < -0.4 is 10.6 Å². The molecule has 28 heavy (non-hydrogen) atoms. The molecule has 1 heterocycles. The lowest BCUT2D eigenvalue weighted by Crippen LogP contribution is -2.35. The van der Waals surface area contributed by atoms with E-state index < -0.39 is 16.1 Å². The van der Waals surface area contributed by atoms with Crippen molar-refractivity contribution in [2.24, 2.45) is 7.05 Å². The molecule has 10 heteroatoms. The van der Waals surface area contributed by atoms with E-state index in [1.807, 2.05) is 13.8 Å². The summed E-state index contributed by atoms with van der Waals surface area (Å²) in [4.78, 5) is 12.7. The predicted molar refractivity (Wildman–Crippen MR) is 111 cm³/mol. The Bertz CT molecular complexity index is 864. The zero-order valence-electron chi connectivity index (χ0n) is 16.5. The van der Waals surface area contributed by atoms with E-state index in [9.17, 15) is 13.2 Å². The summed E-state index contributed by atoms with van der Waals surface area (Å²) in [5, 5.41) is 9.92. The van der Waals surface area contributed by atoms with Gasteiger partial charge in [0.25, 0.3) is 0 Å². The largest absolute Gasteiger partial charge is 0.350 e. The first-order chi connectivity index (χ1) is 12.8. The van der Waals surface area contributed by atoms with E-state index in [1.54, 1.807) is 55.4 Å². The van der Waals surface area contributed by atoms with Crippen molar-refractivity contribution in [1.29, 1.82) is 0 Å². The molecule has 1 atom stereocenters. The zero-order valence-corrected chi connectivity index (χ0v) is 18.2. The molecule has 0 fully saturated rings. The Balaban J connectivity index is 0.00000392. The maximum absolute atomic E-state index is 12.5. The number of sulfonamides is 1. The lowest BCUT2D eigenvalue weighted by Gasteiger charge is -2.18. The second-order valence-corrected chi connectivity index (χ2v) is 8.06. The summed E-state index contributed by atoms with van der Waals surface area (Å²) < 4.78 is 28.1. The van der Waals surface area contributed by atoms with Crippen LogP contribution in [0.15, 0.2) is 41.6 Å². The van der Waals surface area contributed by atoms with Crippen molar-refractivity contribution in [3.63, 3.8) is 0 Å². The summed E-state index contributed by atoms with van der Waals surface area (Å²) in [7, 11) is 0.0324. The number of amides is 1. The average molecular weight is 430 g/mol. The molecule has 156 valence electrons. The van der Waals surface area contributed by atoms with Crippen LogP contribution in [0.1, 0.15) is 31.0 Å². The molecule has 1 aromatic carbocycles. The summed E-state index contributed by atoms with van der Waals surface area (Å²) in [5.41, 5.74) is 1.60. The summed E-state index contributed by atoms with van der Waals surface area (Å²) in [5.74, 6) is -0.176. The van der Waals surface area contributed by atoms with Gasteiger partial charge in [-0.25, -0.2) is 8.42 Å². The molecule has 0 saturated heterocycles. The van der Waals surface area contributed by atoms with E-state index in [4.69, 9.17) is 0 Å². The molecule has 0 saturated carbocycles. The summed E-state index contributed by atoms with van der Waals surface area (Å²) in [6.07, 6.45) is 3.43. The third kappa shape index (κ3) is 5.54. The number of likely N-dealkylation sites (N-methyl/N-ethyl adjacent to an activating group) is 1. The van der Waals surface area contributed by atoms with Crippen LogP contribution in [-0.4, -0.2) is 48.5 Å². The first-order valence-electron chi connectivity index (χ1n) is 8.86. The fraction of sp³-hybridized carbons (Fsp3) is 0.444. The number of hydrogen-bond donors (Lipinski definition) is 2. The Hall–Kier alpha value is -1.94. The number of benzene rings is 1. The fourth-order valence-electron chi connectivity index (χ4n) is 2.82. The number of nitrogens with one attached hydrogen (secondary N) is 2. The molecule has 0 aliphatic carbocycles. The predicted octanol–water partition coefficient (Wildman–Crippen LogP) is 1.45. The Labute approximate surface area is 172 Å². The second kappa shape index (κ2) is 10.6. The highest BCUT2D eigenvalue weighted by atomic mass is 35.5. The van der Waals surface area contributed by atoms with Crippen LogP contribution in [0.5, 0.6) is 0 Å². The van der Waals surface area contributed by atoms with Gasteiger partial charge in [0.1, 0.15) is 6.04 Å². The molecule has 1 aromatic heterocycles. The van der Waals surface area contributed by atoms with Crippen molar-refractivity contribution in [2.75, 3.05) is 20.1 Å². The third-order valence-corrected chi connectivity index (χ3v) is 6.41. The quantitative estimate of drug-likeness (QED) is 0.628. The monoisotopic (exact) mass is 429 g/mol. The molecule has 1 amide bonds.